The van der Waals surface area contributed by atoms with Crippen LogP contribution in [0.25, 0.3) is 27.8 Å². The van der Waals surface area contributed by atoms with E-state index in [4.69, 9.17) is 4.74 Å². The molecule has 2 heterocycles. The first kappa shape index (κ1) is 20.6. The van der Waals surface area contributed by atoms with E-state index >= 15 is 0 Å². The predicted octanol–water partition coefficient (Wildman–Crippen LogP) is 3.82. The third-order valence-corrected chi connectivity index (χ3v) is 5.25. The highest BCUT2D eigenvalue weighted by atomic mass is 19.1. The van der Waals surface area contributed by atoms with Crippen LogP contribution >= 0.6 is 0 Å². The van der Waals surface area contributed by atoms with Crippen LogP contribution in [-0.2, 0) is 11.2 Å². The number of hydrogen-bond donors (Lipinski definition) is 1. The Morgan fingerprint density at radius 1 is 0.939 bits per heavy atom. The second-order valence-electron chi connectivity index (χ2n) is 7.49. The van der Waals surface area contributed by atoms with E-state index in [-0.39, 0.29) is 18.3 Å². The minimum Gasteiger partial charge on any atom is -0.475 e. The van der Waals surface area contributed by atoms with Gasteiger partial charge in [-0.2, -0.15) is 4.52 Å². The molecule has 8 heteroatoms. The van der Waals surface area contributed by atoms with Gasteiger partial charge >= 0.3 is 0 Å². The second kappa shape index (κ2) is 9.04. The Hall–Kier alpha value is -4.33. The fraction of sp³-hybridized carbons (Fsp3) is 0.120. The molecule has 7 nitrogen and oxygen atoms in total. The average molecular weight is 441 g/mol. The number of halogens is 1. The summed E-state index contributed by atoms with van der Waals surface area (Å²) in [7, 11) is 0. The highest BCUT2D eigenvalue weighted by Crippen LogP contribution is 2.20. The molecule has 1 amide bonds. The maximum atomic E-state index is 13.2. The van der Waals surface area contributed by atoms with Gasteiger partial charge in [-0.25, -0.2) is 4.39 Å². The van der Waals surface area contributed by atoms with E-state index in [1.54, 1.807) is 28.8 Å². The number of hydrogen-bond acceptors (Lipinski definition) is 5. The standard InChI is InChI=1S/C25H20FN5O2/c26-20-10-8-18(9-11-20)25-29-28-22-12-13-24(30-31(22)25)33-15-14-27-23(32)16-19-6-3-5-17-4-1-2-7-21(17)19/h1-13H,14-16H2,(H,27,32). The van der Waals surface area contributed by atoms with E-state index in [1.165, 1.54) is 12.1 Å². The molecule has 3 aromatic carbocycles. The molecule has 0 spiro atoms. The third kappa shape index (κ3) is 4.50. The molecule has 0 radical (unpaired) electrons. The van der Waals surface area contributed by atoms with Gasteiger partial charge in [-0.3, -0.25) is 4.79 Å². The number of aromatic nitrogens is 4. The number of amides is 1. The van der Waals surface area contributed by atoms with E-state index in [9.17, 15) is 9.18 Å². The summed E-state index contributed by atoms with van der Waals surface area (Å²) in [4.78, 5) is 12.4. The molecule has 0 aliphatic carbocycles. The minimum atomic E-state index is -0.327. The lowest BCUT2D eigenvalue weighted by Gasteiger charge is -2.09. The molecule has 0 saturated carbocycles. The summed E-state index contributed by atoms with van der Waals surface area (Å²) in [6, 6.07) is 23.4. The molecule has 0 fully saturated rings. The van der Waals surface area contributed by atoms with Crippen molar-refractivity contribution in [3.63, 3.8) is 0 Å². The Morgan fingerprint density at radius 3 is 2.64 bits per heavy atom. The number of nitrogens with one attached hydrogen (secondary N) is 1. The van der Waals surface area contributed by atoms with Crippen molar-refractivity contribution < 1.29 is 13.9 Å². The van der Waals surface area contributed by atoms with Crippen LogP contribution in [0.2, 0.25) is 0 Å². The van der Waals surface area contributed by atoms with Gasteiger partial charge in [-0.15, -0.1) is 15.3 Å². The lowest BCUT2D eigenvalue weighted by molar-refractivity contribution is -0.120. The lowest BCUT2D eigenvalue weighted by atomic mass is 10.0. The lowest BCUT2D eigenvalue weighted by Crippen LogP contribution is -2.29. The van der Waals surface area contributed by atoms with Crippen LogP contribution in [-0.4, -0.2) is 38.9 Å². The molecule has 1 N–H and O–H groups in total. The van der Waals surface area contributed by atoms with Crippen molar-refractivity contribution >= 4 is 22.3 Å². The maximum absolute atomic E-state index is 13.2. The number of rotatable bonds is 7. The first-order chi connectivity index (χ1) is 16.2. The fourth-order valence-corrected chi connectivity index (χ4v) is 3.66. The Balaban J connectivity index is 1.19. The largest absolute Gasteiger partial charge is 0.475 e. The van der Waals surface area contributed by atoms with E-state index in [1.807, 2.05) is 42.5 Å². The van der Waals surface area contributed by atoms with Gasteiger partial charge in [0.1, 0.15) is 12.4 Å². The molecule has 33 heavy (non-hydrogen) atoms. The predicted molar refractivity (Wildman–Crippen MR) is 122 cm³/mol. The molecule has 0 unspecified atom stereocenters. The number of carbonyl (C=O) groups is 1. The molecule has 0 aliphatic heterocycles. The van der Waals surface area contributed by atoms with Crippen LogP contribution < -0.4 is 10.1 Å². The normalized spacial score (nSPS) is 11.1. The summed E-state index contributed by atoms with van der Waals surface area (Å²) in [5.74, 6) is 0.454. The summed E-state index contributed by atoms with van der Waals surface area (Å²) >= 11 is 0. The van der Waals surface area contributed by atoms with Crippen molar-refractivity contribution in [2.45, 2.75) is 6.42 Å². The number of ether oxygens (including phenoxy) is 1. The van der Waals surface area contributed by atoms with Gasteiger partial charge in [-0.05, 0) is 46.7 Å². The van der Waals surface area contributed by atoms with Gasteiger partial charge in [0.2, 0.25) is 11.8 Å². The summed E-state index contributed by atoms with van der Waals surface area (Å²) in [6.07, 6.45) is 0.299. The molecule has 5 rings (SSSR count). The quantitative estimate of drug-likeness (QED) is 0.389. The van der Waals surface area contributed by atoms with Crippen molar-refractivity contribution in [2.24, 2.45) is 0 Å². The van der Waals surface area contributed by atoms with Crippen molar-refractivity contribution in [3.8, 4) is 17.3 Å². The number of fused-ring (bicyclic) bond motifs is 2. The zero-order valence-electron chi connectivity index (χ0n) is 17.6. The molecule has 0 aliphatic rings. The Morgan fingerprint density at radius 2 is 1.76 bits per heavy atom. The summed E-state index contributed by atoms with van der Waals surface area (Å²) in [5, 5.41) is 17.7. The molecule has 164 valence electrons. The SMILES string of the molecule is O=C(Cc1cccc2ccccc12)NCCOc1ccc2nnc(-c3ccc(F)cc3)n2n1. The van der Waals surface area contributed by atoms with E-state index in [2.05, 4.69) is 20.6 Å². The molecule has 0 saturated heterocycles. The molecule has 0 atom stereocenters. The van der Waals surface area contributed by atoms with Crippen LogP contribution in [0.5, 0.6) is 5.88 Å². The first-order valence-electron chi connectivity index (χ1n) is 10.5. The monoisotopic (exact) mass is 441 g/mol. The van der Waals surface area contributed by atoms with Crippen LogP contribution in [0.4, 0.5) is 4.39 Å². The number of benzene rings is 3. The van der Waals surface area contributed by atoms with Crippen molar-refractivity contribution in [3.05, 3.63) is 90.2 Å². The zero-order chi connectivity index (χ0) is 22.6. The van der Waals surface area contributed by atoms with Gasteiger partial charge in [0.05, 0.1) is 13.0 Å². The maximum Gasteiger partial charge on any atom is 0.231 e. The van der Waals surface area contributed by atoms with Crippen molar-refractivity contribution in [2.75, 3.05) is 13.2 Å². The average Bonchev–Trinajstić information content (AvgIpc) is 3.26. The Labute approximate surface area is 188 Å². The molecular weight excluding hydrogens is 421 g/mol. The summed E-state index contributed by atoms with van der Waals surface area (Å²) < 4.78 is 20.5. The highest BCUT2D eigenvalue weighted by Gasteiger charge is 2.11. The highest BCUT2D eigenvalue weighted by molar-refractivity contribution is 5.90. The van der Waals surface area contributed by atoms with Gasteiger partial charge in [0, 0.05) is 11.6 Å². The van der Waals surface area contributed by atoms with Gasteiger partial charge in [0.15, 0.2) is 11.5 Å². The Kier molecular flexibility index (Phi) is 5.63. The zero-order valence-corrected chi connectivity index (χ0v) is 17.6. The minimum absolute atomic E-state index is 0.0734. The van der Waals surface area contributed by atoms with Crippen LogP contribution in [0.3, 0.4) is 0 Å². The van der Waals surface area contributed by atoms with E-state index in [0.717, 1.165) is 16.3 Å². The van der Waals surface area contributed by atoms with Crippen LogP contribution in [0.15, 0.2) is 78.9 Å². The van der Waals surface area contributed by atoms with Gasteiger partial charge in [0.25, 0.3) is 0 Å². The van der Waals surface area contributed by atoms with E-state index < -0.39 is 0 Å². The number of carbonyl (C=O) groups excluding carboxylic acids is 1. The number of nitrogens with zero attached hydrogens (tertiary/aromatic N) is 4. The first-order valence-corrected chi connectivity index (χ1v) is 10.5. The Bertz CT molecular complexity index is 1430. The molecular formula is C25H20FN5O2. The fourth-order valence-electron chi connectivity index (χ4n) is 3.66. The van der Waals surface area contributed by atoms with Crippen molar-refractivity contribution in [1.29, 1.82) is 0 Å². The topological polar surface area (TPSA) is 81.4 Å². The van der Waals surface area contributed by atoms with Gasteiger partial charge < -0.3 is 10.1 Å². The van der Waals surface area contributed by atoms with Crippen molar-refractivity contribution in [1.82, 2.24) is 25.1 Å². The van der Waals surface area contributed by atoms with Gasteiger partial charge in [-0.1, -0.05) is 42.5 Å². The molecule has 2 aromatic heterocycles. The van der Waals surface area contributed by atoms with Crippen LogP contribution in [0.1, 0.15) is 5.56 Å². The molecule has 0 bridgehead atoms. The van der Waals surface area contributed by atoms with E-state index in [0.29, 0.717) is 35.9 Å². The smallest absolute Gasteiger partial charge is 0.231 e. The molecule has 5 aromatic rings. The van der Waals surface area contributed by atoms with Crippen LogP contribution in [0, 0.1) is 5.82 Å². The summed E-state index contributed by atoms with van der Waals surface area (Å²) in [6.45, 7) is 0.601. The third-order valence-electron chi connectivity index (χ3n) is 5.25. The second-order valence-corrected chi connectivity index (χ2v) is 7.49. The summed E-state index contributed by atoms with van der Waals surface area (Å²) in [5.41, 5.74) is 2.22.